The largest absolute Gasteiger partial charge is 0.398 e. The predicted molar refractivity (Wildman–Crippen MR) is 62.7 cm³/mol. The zero-order chi connectivity index (χ0) is 10.8. The minimum absolute atomic E-state index is 0.0711. The quantitative estimate of drug-likeness (QED) is 0.694. The number of nitrogens with two attached hydrogens (primary N) is 1. The summed E-state index contributed by atoms with van der Waals surface area (Å²) in [6, 6.07) is 11.4. The Morgan fingerprint density at radius 2 is 2.07 bits per heavy atom. The number of amides is 1. The third-order valence-electron chi connectivity index (χ3n) is 2.23. The van der Waals surface area contributed by atoms with E-state index in [1.807, 2.05) is 36.4 Å². The van der Waals surface area contributed by atoms with Crippen molar-refractivity contribution >= 4 is 28.1 Å². The van der Waals surface area contributed by atoms with Crippen LogP contribution in [0.1, 0.15) is 6.92 Å². The van der Waals surface area contributed by atoms with Crippen LogP contribution in [0, 0.1) is 0 Å². The van der Waals surface area contributed by atoms with Gasteiger partial charge in [-0.3, -0.25) is 4.79 Å². The first kappa shape index (κ1) is 9.52. The fraction of sp³-hybridized carbons (Fsp3) is 0.0833. The molecular formula is C12H12N2O. The number of nitrogen functional groups attached to an aromatic ring is 1. The van der Waals surface area contributed by atoms with Gasteiger partial charge in [0.25, 0.3) is 0 Å². The van der Waals surface area contributed by atoms with Gasteiger partial charge in [0.15, 0.2) is 0 Å². The average Bonchev–Trinajstić information content (AvgIpc) is 2.17. The lowest BCUT2D eigenvalue weighted by molar-refractivity contribution is -0.114. The zero-order valence-electron chi connectivity index (χ0n) is 8.45. The van der Waals surface area contributed by atoms with Crippen LogP contribution in [0.15, 0.2) is 36.4 Å². The number of anilines is 2. The molecule has 0 spiro atoms. The molecule has 2 aromatic carbocycles. The van der Waals surface area contributed by atoms with Crippen molar-refractivity contribution in [2.45, 2.75) is 6.92 Å². The standard InChI is InChI=1S/C12H12N2O/c1-8(15)14-10-5-6-11-9(7-10)3-2-4-12(11)13/h2-7H,13H2,1H3,(H,14,15). The van der Waals surface area contributed by atoms with E-state index in [4.69, 9.17) is 5.73 Å². The average molecular weight is 200 g/mol. The second-order valence-corrected chi connectivity index (χ2v) is 3.46. The molecule has 3 nitrogen and oxygen atoms in total. The summed E-state index contributed by atoms with van der Waals surface area (Å²) in [5.41, 5.74) is 7.36. The van der Waals surface area contributed by atoms with E-state index in [9.17, 15) is 4.79 Å². The molecule has 0 aromatic heterocycles. The molecule has 0 fully saturated rings. The topological polar surface area (TPSA) is 55.1 Å². The fourth-order valence-electron chi connectivity index (χ4n) is 1.59. The number of hydrogen-bond acceptors (Lipinski definition) is 2. The summed E-state index contributed by atoms with van der Waals surface area (Å²) in [5.74, 6) is -0.0711. The van der Waals surface area contributed by atoms with Gasteiger partial charge in [0, 0.05) is 23.7 Å². The Balaban J connectivity index is 2.52. The molecule has 0 bridgehead atoms. The Labute approximate surface area is 87.9 Å². The molecule has 15 heavy (non-hydrogen) atoms. The van der Waals surface area contributed by atoms with Gasteiger partial charge in [-0.1, -0.05) is 18.2 Å². The van der Waals surface area contributed by atoms with Crippen LogP contribution in [0.5, 0.6) is 0 Å². The van der Waals surface area contributed by atoms with Gasteiger partial charge < -0.3 is 11.1 Å². The molecule has 76 valence electrons. The third-order valence-corrected chi connectivity index (χ3v) is 2.23. The van der Waals surface area contributed by atoms with Gasteiger partial charge in [-0.25, -0.2) is 0 Å². The second-order valence-electron chi connectivity index (χ2n) is 3.46. The Kier molecular flexibility index (Phi) is 2.29. The number of carbonyl (C=O) groups excluding carboxylic acids is 1. The van der Waals surface area contributed by atoms with Crippen LogP contribution < -0.4 is 11.1 Å². The molecule has 3 N–H and O–H groups in total. The van der Waals surface area contributed by atoms with E-state index in [2.05, 4.69) is 5.32 Å². The minimum atomic E-state index is -0.0711. The molecule has 0 saturated carbocycles. The van der Waals surface area contributed by atoms with E-state index in [0.717, 1.165) is 22.1 Å². The first-order chi connectivity index (χ1) is 7.16. The molecule has 0 aliphatic carbocycles. The summed E-state index contributed by atoms with van der Waals surface area (Å²) in [6.07, 6.45) is 0. The first-order valence-corrected chi connectivity index (χ1v) is 4.72. The van der Waals surface area contributed by atoms with Gasteiger partial charge in [0.05, 0.1) is 0 Å². The Hall–Kier alpha value is -2.03. The number of rotatable bonds is 1. The maximum Gasteiger partial charge on any atom is 0.221 e. The minimum Gasteiger partial charge on any atom is -0.398 e. The highest BCUT2D eigenvalue weighted by Gasteiger charge is 1.99. The summed E-state index contributed by atoms with van der Waals surface area (Å²) in [4.78, 5) is 10.9. The number of fused-ring (bicyclic) bond motifs is 1. The highest BCUT2D eigenvalue weighted by atomic mass is 16.1. The van der Waals surface area contributed by atoms with Crippen LogP contribution in [-0.4, -0.2) is 5.91 Å². The molecule has 0 aliphatic rings. The lowest BCUT2D eigenvalue weighted by atomic mass is 10.1. The molecule has 0 saturated heterocycles. The van der Waals surface area contributed by atoms with Crippen molar-refractivity contribution in [3.05, 3.63) is 36.4 Å². The van der Waals surface area contributed by atoms with Crippen LogP contribution in [0.25, 0.3) is 10.8 Å². The van der Waals surface area contributed by atoms with Crippen molar-refractivity contribution in [2.24, 2.45) is 0 Å². The number of carbonyl (C=O) groups is 1. The summed E-state index contributed by atoms with van der Waals surface area (Å²) < 4.78 is 0. The van der Waals surface area contributed by atoms with E-state index < -0.39 is 0 Å². The lowest BCUT2D eigenvalue weighted by Gasteiger charge is -2.05. The number of hydrogen-bond donors (Lipinski definition) is 2. The van der Waals surface area contributed by atoms with Crippen LogP contribution in [0.2, 0.25) is 0 Å². The molecule has 0 atom stereocenters. The number of benzene rings is 2. The van der Waals surface area contributed by atoms with Crippen LogP contribution in [0.4, 0.5) is 11.4 Å². The fourth-order valence-corrected chi connectivity index (χ4v) is 1.59. The Morgan fingerprint density at radius 3 is 2.80 bits per heavy atom. The van der Waals surface area contributed by atoms with E-state index in [1.165, 1.54) is 6.92 Å². The molecule has 3 heteroatoms. The third kappa shape index (κ3) is 1.91. The van der Waals surface area contributed by atoms with Gasteiger partial charge in [-0.05, 0) is 23.6 Å². The van der Waals surface area contributed by atoms with Crippen molar-refractivity contribution in [2.75, 3.05) is 11.1 Å². The molecule has 0 heterocycles. The monoisotopic (exact) mass is 200 g/mol. The molecule has 0 unspecified atom stereocenters. The van der Waals surface area contributed by atoms with Crippen molar-refractivity contribution in [1.29, 1.82) is 0 Å². The summed E-state index contributed by atoms with van der Waals surface area (Å²) in [6.45, 7) is 1.49. The van der Waals surface area contributed by atoms with Gasteiger partial charge in [-0.2, -0.15) is 0 Å². The first-order valence-electron chi connectivity index (χ1n) is 4.72. The van der Waals surface area contributed by atoms with Crippen molar-refractivity contribution in [3.63, 3.8) is 0 Å². The predicted octanol–water partition coefficient (Wildman–Crippen LogP) is 2.38. The van der Waals surface area contributed by atoms with Crippen LogP contribution in [-0.2, 0) is 4.79 Å². The highest BCUT2D eigenvalue weighted by molar-refractivity contribution is 5.97. The van der Waals surface area contributed by atoms with Crippen LogP contribution in [0.3, 0.4) is 0 Å². The van der Waals surface area contributed by atoms with Gasteiger partial charge in [0.2, 0.25) is 5.91 Å². The molecular weight excluding hydrogens is 188 g/mol. The smallest absolute Gasteiger partial charge is 0.221 e. The lowest BCUT2D eigenvalue weighted by Crippen LogP contribution is -2.05. The number of nitrogens with one attached hydrogen (secondary N) is 1. The van der Waals surface area contributed by atoms with Crippen molar-refractivity contribution < 1.29 is 4.79 Å². The van der Waals surface area contributed by atoms with Gasteiger partial charge in [-0.15, -0.1) is 0 Å². The van der Waals surface area contributed by atoms with Gasteiger partial charge >= 0.3 is 0 Å². The maximum absolute atomic E-state index is 10.9. The van der Waals surface area contributed by atoms with Gasteiger partial charge in [0.1, 0.15) is 0 Å². The normalized spacial score (nSPS) is 10.2. The molecule has 2 rings (SSSR count). The highest BCUT2D eigenvalue weighted by Crippen LogP contribution is 2.23. The van der Waals surface area contributed by atoms with Crippen LogP contribution >= 0.6 is 0 Å². The van der Waals surface area contributed by atoms with E-state index >= 15 is 0 Å². The molecule has 2 aromatic rings. The summed E-state index contributed by atoms with van der Waals surface area (Å²) in [7, 11) is 0. The maximum atomic E-state index is 10.9. The summed E-state index contributed by atoms with van der Waals surface area (Å²) in [5, 5.41) is 4.77. The molecule has 0 aliphatic heterocycles. The van der Waals surface area contributed by atoms with E-state index in [0.29, 0.717) is 0 Å². The van der Waals surface area contributed by atoms with E-state index in [1.54, 1.807) is 0 Å². The Bertz CT molecular complexity index is 520. The van der Waals surface area contributed by atoms with Crippen molar-refractivity contribution in [1.82, 2.24) is 0 Å². The summed E-state index contributed by atoms with van der Waals surface area (Å²) >= 11 is 0. The molecule has 1 amide bonds. The zero-order valence-corrected chi connectivity index (χ0v) is 8.45. The second kappa shape index (κ2) is 3.61. The van der Waals surface area contributed by atoms with E-state index in [-0.39, 0.29) is 5.91 Å². The SMILES string of the molecule is CC(=O)Nc1ccc2c(N)cccc2c1. The molecule has 0 radical (unpaired) electrons. The Morgan fingerprint density at radius 1 is 1.27 bits per heavy atom. The van der Waals surface area contributed by atoms with Crippen molar-refractivity contribution in [3.8, 4) is 0 Å².